The van der Waals surface area contributed by atoms with Crippen LogP contribution in [0.5, 0.6) is 0 Å². The number of nitrogens with zero attached hydrogens (tertiary/aromatic N) is 1. The Morgan fingerprint density at radius 2 is 2.35 bits per heavy atom. The van der Waals surface area contributed by atoms with Gasteiger partial charge in [0, 0.05) is 12.6 Å². The van der Waals surface area contributed by atoms with E-state index in [0.29, 0.717) is 16.1 Å². The van der Waals surface area contributed by atoms with Gasteiger partial charge >= 0.3 is 0 Å². The van der Waals surface area contributed by atoms with Crippen LogP contribution >= 0.6 is 11.3 Å². The lowest BCUT2D eigenvalue weighted by Gasteiger charge is -2.25. The lowest BCUT2D eigenvalue weighted by atomic mass is 9.93. The standard InChI is InChI=1S/C10H16N4O2S/c11-8-7(9(16)12-4-5-15)17-10(14-8)13-6-2-1-3-6/h6,15H,1-5,11H2,(H,12,16)(H,13,14). The van der Waals surface area contributed by atoms with Crippen molar-refractivity contribution in [3.8, 4) is 0 Å². The van der Waals surface area contributed by atoms with Crippen LogP contribution in [0.1, 0.15) is 28.9 Å². The Labute approximate surface area is 103 Å². The molecule has 0 radical (unpaired) electrons. The first kappa shape index (κ1) is 12.1. The zero-order valence-electron chi connectivity index (χ0n) is 9.40. The number of hydrogen-bond acceptors (Lipinski definition) is 6. The summed E-state index contributed by atoms with van der Waals surface area (Å²) in [5.74, 6) is -0.0389. The summed E-state index contributed by atoms with van der Waals surface area (Å²) in [6.07, 6.45) is 3.53. The van der Waals surface area contributed by atoms with E-state index in [1.165, 1.54) is 17.8 Å². The summed E-state index contributed by atoms with van der Waals surface area (Å²) in [5, 5.41) is 15.1. The number of anilines is 2. The van der Waals surface area contributed by atoms with Gasteiger partial charge in [0.05, 0.1) is 6.61 Å². The minimum atomic E-state index is -0.282. The number of thiazole rings is 1. The fourth-order valence-electron chi connectivity index (χ4n) is 1.53. The molecule has 1 heterocycles. The van der Waals surface area contributed by atoms with Crippen LogP contribution in [0.2, 0.25) is 0 Å². The molecule has 1 saturated carbocycles. The van der Waals surface area contributed by atoms with Gasteiger partial charge in [-0.15, -0.1) is 0 Å². The molecule has 17 heavy (non-hydrogen) atoms. The molecule has 1 aromatic heterocycles. The maximum atomic E-state index is 11.6. The van der Waals surface area contributed by atoms with E-state index in [0.717, 1.165) is 12.8 Å². The molecule has 6 nitrogen and oxygen atoms in total. The zero-order chi connectivity index (χ0) is 12.3. The summed E-state index contributed by atoms with van der Waals surface area (Å²) in [6.45, 7) is 0.138. The summed E-state index contributed by atoms with van der Waals surface area (Å²) in [5.41, 5.74) is 5.69. The van der Waals surface area contributed by atoms with Crippen LogP contribution in [0.3, 0.4) is 0 Å². The number of aliphatic hydroxyl groups excluding tert-OH is 1. The molecule has 0 saturated heterocycles. The van der Waals surface area contributed by atoms with E-state index >= 15 is 0 Å². The second-order valence-corrected chi connectivity index (χ2v) is 4.98. The Kier molecular flexibility index (Phi) is 3.80. The molecule has 5 N–H and O–H groups in total. The average Bonchev–Trinajstić information content (AvgIpc) is 2.62. The van der Waals surface area contributed by atoms with Gasteiger partial charge in [0.15, 0.2) is 5.13 Å². The average molecular weight is 256 g/mol. The van der Waals surface area contributed by atoms with Crippen molar-refractivity contribution >= 4 is 28.2 Å². The predicted molar refractivity (Wildman–Crippen MR) is 67.2 cm³/mol. The zero-order valence-corrected chi connectivity index (χ0v) is 10.2. The largest absolute Gasteiger partial charge is 0.395 e. The van der Waals surface area contributed by atoms with Crippen LogP contribution < -0.4 is 16.4 Å². The Morgan fingerprint density at radius 3 is 2.94 bits per heavy atom. The number of nitrogens with two attached hydrogens (primary N) is 1. The van der Waals surface area contributed by atoms with Gasteiger partial charge in [-0.2, -0.15) is 0 Å². The Hall–Kier alpha value is -1.34. The van der Waals surface area contributed by atoms with Crippen molar-refractivity contribution in [1.82, 2.24) is 10.3 Å². The van der Waals surface area contributed by atoms with Gasteiger partial charge in [-0.3, -0.25) is 4.79 Å². The van der Waals surface area contributed by atoms with Crippen molar-refractivity contribution < 1.29 is 9.90 Å². The number of carbonyl (C=O) groups is 1. The third-order valence-electron chi connectivity index (χ3n) is 2.69. The quantitative estimate of drug-likeness (QED) is 0.611. The highest BCUT2D eigenvalue weighted by molar-refractivity contribution is 7.18. The molecular weight excluding hydrogens is 240 g/mol. The predicted octanol–water partition coefficient (Wildman–Crippen LogP) is 0.412. The second-order valence-electron chi connectivity index (χ2n) is 3.99. The molecule has 1 aliphatic rings. The summed E-state index contributed by atoms with van der Waals surface area (Å²) in [4.78, 5) is 16.2. The van der Waals surface area contributed by atoms with Crippen molar-refractivity contribution in [2.24, 2.45) is 0 Å². The fraction of sp³-hybridized carbons (Fsp3) is 0.600. The van der Waals surface area contributed by atoms with E-state index in [2.05, 4.69) is 15.6 Å². The van der Waals surface area contributed by atoms with Crippen molar-refractivity contribution in [2.75, 3.05) is 24.2 Å². The van der Waals surface area contributed by atoms with Crippen molar-refractivity contribution in [1.29, 1.82) is 0 Å². The molecule has 1 fully saturated rings. The minimum Gasteiger partial charge on any atom is -0.395 e. The van der Waals surface area contributed by atoms with Gasteiger partial charge in [-0.05, 0) is 19.3 Å². The molecule has 1 aromatic rings. The first-order valence-corrected chi connectivity index (χ1v) is 6.44. The maximum Gasteiger partial charge on any atom is 0.265 e. The Morgan fingerprint density at radius 1 is 1.59 bits per heavy atom. The summed E-state index contributed by atoms with van der Waals surface area (Å²) < 4.78 is 0. The van der Waals surface area contributed by atoms with Crippen LogP contribution in [-0.2, 0) is 0 Å². The number of hydrogen-bond donors (Lipinski definition) is 4. The maximum absolute atomic E-state index is 11.6. The van der Waals surface area contributed by atoms with Gasteiger partial charge in [0.25, 0.3) is 5.91 Å². The number of carbonyl (C=O) groups excluding carboxylic acids is 1. The number of rotatable bonds is 5. The van der Waals surface area contributed by atoms with E-state index in [4.69, 9.17) is 10.8 Å². The first-order valence-electron chi connectivity index (χ1n) is 5.62. The van der Waals surface area contributed by atoms with Gasteiger partial charge in [-0.25, -0.2) is 4.98 Å². The van der Waals surface area contributed by atoms with Gasteiger partial charge in [0.1, 0.15) is 10.7 Å². The lowest BCUT2D eigenvalue weighted by Crippen LogP contribution is -2.26. The van der Waals surface area contributed by atoms with E-state index in [1.54, 1.807) is 0 Å². The van der Waals surface area contributed by atoms with Crippen LogP contribution in [0.15, 0.2) is 0 Å². The highest BCUT2D eigenvalue weighted by Crippen LogP contribution is 2.29. The van der Waals surface area contributed by atoms with Crippen LogP contribution in [0.4, 0.5) is 10.9 Å². The van der Waals surface area contributed by atoms with Crippen LogP contribution in [0.25, 0.3) is 0 Å². The minimum absolute atomic E-state index is 0.0857. The number of nitrogen functional groups attached to an aromatic ring is 1. The molecule has 1 aliphatic carbocycles. The van der Waals surface area contributed by atoms with Crippen molar-refractivity contribution in [3.63, 3.8) is 0 Å². The monoisotopic (exact) mass is 256 g/mol. The second kappa shape index (κ2) is 5.33. The van der Waals surface area contributed by atoms with Crippen LogP contribution in [-0.4, -0.2) is 35.2 Å². The van der Waals surface area contributed by atoms with Crippen molar-refractivity contribution in [3.05, 3.63) is 4.88 Å². The van der Waals surface area contributed by atoms with E-state index in [1.807, 2.05) is 0 Å². The summed E-state index contributed by atoms with van der Waals surface area (Å²) in [6, 6.07) is 0.467. The molecule has 0 bridgehead atoms. The van der Waals surface area contributed by atoms with Gasteiger partial charge < -0.3 is 21.5 Å². The molecule has 0 aromatic carbocycles. The lowest BCUT2D eigenvalue weighted by molar-refractivity contribution is 0.0949. The molecule has 1 amide bonds. The van der Waals surface area contributed by atoms with E-state index < -0.39 is 0 Å². The molecule has 0 unspecified atom stereocenters. The third kappa shape index (κ3) is 2.86. The third-order valence-corrected chi connectivity index (χ3v) is 3.69. The highest BCUT2D eigenvalue weighted by Gasteiger charge is 2.21. The number of aromatic nitrogens is 1. The van der Waals surface area contributed by atoms with Gasteiger partial charge in [0.2, 0.25) is 0 Å². The van der Waals surface area contributed by atoms with Gasteiger partial charge in [-0.1, -0.05) is 11.3 Å². The highest BCUT2D eigenvalue weighted by atomic mass is 32.1. The Bertz CT molecular complexity index is 403. The van der Waals surface area contributed by atoms with E-state index in [-0.39, 0.29) is 24.9 Å². The molecule has 7 heteroatoms. The van der Waals surface area contributed by atoms with E-state index in [9.17, 15) is 4.79 Å². The fourth-order valence-corrected chi connectivity index (χ4v) is 2.41. The number of amides is 1. The molecule has 0 atom stereocenters. The Balaban J connectivity index is 1.99. The summed E-state index contributed by atoms with van der Waals surface area (Å²) in [7, 11) is 0. The van der Waals surface area contributed by atoms with Crippen molar-refractivity contribution in [2.45, 2.75) is 25.3 Å². The molecular formula is C10H16N4O2S. The first-order chi connectivity index (χ1) is 8.20. The summed E-state index contributed by atoms with van der Waals surface area (Å²) >= 11 is 1.25. The smallest absolute Gasteiger partial charge is 0.265 e. The molecule has 0 aliphatic heterocycles. The van der Waals surface area contributed by atoms with Crippen LogP contribution in [0, 0.1) is 0 Å². The number of aliphatic hydroxyl groups is 1. The molecule has 2 rings (SSSR count). The number of nitrogens with one attached hydrogen (secondary N) is 2. The normalized spacial score (nSPS) is 15.4. The molecule has 0 spiro atoms. The SMILES string of the molecule is Nc1nc(NC2CCC2)sc1C(=O)NCCO. The topological polar surface area (TPSA) is 100 Å². The molecule has 94 valence electrons.